The summed E-state index contributed by atoms with van der Waals surface area (Å²) in [5, 5.41) is 1.98. The van der Waals surface area contributed by atoms with Crippen molar-refractivity contribution in [3.63, 3.8) is 0 Å². The molecule has 0 aliphatic carbocycles. The van der Waals surface area contributed by atoms with Crippen molar-refractivity contribution in [3.8, 4) is 0 Å². The standard InChI is InChI=1S/C16H14BrClN2/c17-14-5-4-13(15(18)8-14)10-20-7-6-11-2-1-3-12(9-19)16(11)20/h1-8H,9-10,19H2. The van der Waals surface area contributed by atoms with E-state index in [1.165, 1.54) is 10.9 Å². The van der Waals surface area contributed by atoms with Crippen molar-refractivity contribution >= 4 is 38.4 Å². The number of halogens is 2. The van der Waals surface area contributed by atoms with Crippen LogP contribution in [0.2, 0.25) is 5.02 Å². The summed E-state index contributed by atoms with van der Waals surface area (Å²) in [5.74, 6) is 0. The molecule has 3 rings (SSSR count). The lowest BCUT2D eigenvalue weighted by molar-refractivity contribution is 0.830. The molecule has 0 aliphatic rings. The Morgan fingerprint density at radius 3 is 2.70 bits per heavy atom. The highest BCUT2D eigenvalue weighted by Gasteiger charge is 2.08. The van der Waals surface area contributed by atoms with Gasteiger partial charge in [-0.25, -0.2) is 0 Å². The highest BCUT2D eigenvalue weighted by Crippen LogP contribution is 2.25. The summed E-state index contributed by atoms with van der Waals surface area (Å²) in [6.45, 7) is 1.28. The first-order valence-electron chi connectivity index (χ1n) is 6.40. The molecule has 0 saturated carbocycles. The quantitative estimate of drug-likeness (QED) is 0.738. The average Bonchev–Trinajstić information content (AvgIpc) is 2.85. The topological polar surface area (TPSA) is 30.9 Å². The minimum absolute atomic E-state index is 0.537. The number of hydrogen-bond acceptors (Lipinski definition) is 1. The van der Waals surface area contributed by atoms with Crippen LogP contribution in [0, 0.1) is 0 Å². The number of benzene rings is 2. The molecular formula is C16H14BrClN2. The molecule has 0 radical (unpaired) electrons. The Bertz CT molecular complexity index is 764. The zero-order valence-corrected chi connectivity index (χ0v) is 13.2. The fourth-order valence-electron chi connectivity index (χ4n) is 2.47. The Morgan fingerprint density at radius 2 is 1.95 bits per heavy atom. The van der Waals surface area contributed by atoms with Crippen LogP contribution in [0.25, 0.3) is 10.9 Å². The van der Waals surface area contributed by atoms with Gasteiger partial charge in [0.1, 0.15) is 0 Å². The van der Waals surface area contributed by atoms with E-state index in [-0.39, 0.29) is 0 Å². The van der Waals surface area contributed by atoms with Gasteiger partial charge in [-0.1, -0.05) is 51.8 Å². The van der Waals surface area contributed by atoms with Gasteiger partial charge in [0.25, 0.3) is 0 Å². The van der Waals surface area contributed by atoms with Crippen LogP contribution >= 0.6 is 27.5 Å². The van der Waals surface area contributed by atoms with E-state index in [4.69, 9.17) is 17.3 Å². The van der Waals surface area contributed by atoms with Crippen molar-refractivity contribution in [2.45, 2.75) is 13.1 Å². The van der Waals surface area contributed by atoms with Crippen LogP contribution in [0.1, 0.15) is 11.1 Å². The number of nitrogens with two attached hydrogens (primary N) is 1. The number of hydrogen-bond donors (Lipinski definition) is 1. The minimum Gasteiger partial charge on any atom is -0.343 e. The normalized spacial score (nSPS) is 11.2. The molecule has 0 aliphatic heterocycles. The van der Waals surface area contributed by atoms with Crippen molar-refractivity contribution in [3.05, 3.63) is 69.3 Å². The third-order valence-electron chi connectivity index (χ3n) is 3.45. The number of fused-ring (bicyclic) bond motifs is 1. The lowest BCUT2D eigenvalue weighted by atomic mass is 10.1. The molecule has 0 saturated heterocycles. The van der Waals surface area contributed by atoms with Gasteiger partial charge in [-0.3, -0.25) is 0 Å². The minimum atomic E-state index is 0.537. The van der Waals surface area contributed by atoms with Gasteiger partial charge < -0.3 is 10.3 Å². The third-order valence-corrected chi connectivity index (χ3v) is 4.29. The highest BCUT2D eigenvalue weighted by molar-refractivity contribution is 9.10. The smallest absolute Gasteiger partial charge is 0.0528 e. The largest absolute Gasteiger partial charge is 0.343 e. The summed E-state index contributed by atoms with van der Waals surface area (Å²) in [4.78, 5) is 0. The van der Waals surface area contributed by atoms with E-state index < -0.39 is 0 Å². The molecule has 4 heteroatoms. The second-order valence-corrected chi connectivity index (χ2v) is 6.06. The van der Waals surface area contributed by atoms with Crippen LogP contribution in [-0.2, 0) is 13.1 Å². The SMILES string of the molecule is NCc1cccc2ccn(Cc3ccc(Br)cc3Cl)c12. The van der Waals surface area contributed by atoms with Crippen LogP contribution in [0.4, 0.5) is 0 Å². The van der Waals surface area contributed by atoms with E-state index >= 15 is 0 Å². The van der Waals surface area contributed by atoms with Gasteiger partial charge in [0.05, 0.1) is 5.52 Å². The van der Waals surface area contributed by atoms with Crippen molar-refractivity contribution in [2.24, 2.45) is 5.73 Å². The first-order chi connectivity index (χ1) is 9.69. The Labute approximate surface area is 131 Å². The Kier molecular flexibility index (Phi) is 3.83. The molecule has 2 aromatic carbocycles. The van der Waals surface area contributed by atoms with E-state index in [9.17, 15) is 0 Å². The van der Waals surface area contributed by atoms with Crippen LogP contribution in [-0.4, -0.2) is 4.57 Å². The number of aromatic nitrogens is 1. The molecule has 0 fully saturated rings. The van der Waals surface area contributed by atoms with Crippen molar-refractivity contribution in [2.75, 3.05) is 0 Å². The predicted octanol–water partition coefficient (Wildman–Crippen LogP) is 4.56. The number of nitrogens with zero attached hydrogens (tertiary/aromatic N) is 1. The van der Waals surface area contributed by atoms with Crippen molar-refractivity contribution < 1.29 is 0 Å². The zero-order valence-electron chi connectivity index (χ0n) is 10.8. The predicted molar refractivity (Wildman–Crippen MR) is 88.1 cm³/mol. The van der Waals surface area contributed by atoms with Gasteiger partial charge in [-0.2, -0.15) is 0 Å². The molecule has 0 unspecified atom stereocenters. The fourth-order valence-corrected chi connectivity index (χ4v) is 3.20. The molecule has 2 N–H and O–H groups in total. The molecule has 0 atom stereocenters. The summed E-state index contributed by atoms with van der Waals surface area (Å²) < 4.78 is 3.19. The van der Waals surface area contributed by atoms with Gasteiger partial charge in [0, 0.05) is 28.8 Å². The molecular weight excluding hydrogens is 336 g/mol. The maximum absolute atomic E-state index is 6.30. The van der Waals surface area contributed by atoms with E-state index in [0.29, 0.717) is 6.54 Å². The molecule has 3 aromatic rings. The van der Waals surface area contributed by atoms with E-state index in [1.54, 1.807) is 0 Å². The van der Waals surface area contributed by atoms with Crippen LogP contribution < -0.4 is 5.73 Å². The van der Waals surface area contributed by atoms with E-state index in [1.807, 2.05) is 24.3 Å². The first-order valence-corrected chi connectivity index (χ1v) is 7.57. The van der Waals surface area contributed by atoms with Crippen LogP contribution in [0.5, 0.6) is 0 Å². The second-order valence-electron chi connectivity index (χ2n) is 4.74. The molecule has 0 spiro atoms. The van der Waals surface area contributed by atoms with Crippen molar-refractivity contribution in [1.29, 1.82) is 0 Å². The molecule has 0 amide bonds. The Hall–Kier alpha value is -1.29. The monoisotopic (exact) mass is 348 g/mol. The maximum Gasteiger partial charge on any atom is 0.0528 e. The van der Waals surface area contributed by atoms with Crippen LogP contribution in [0.3, 0.4) is 0 Å². The van der Waals surface area contributed by atoms with E-state index in [0.717, 1.165) is 27.2 Å². The Balaban J connectivity index is 2.06. The summed E-state index contributed by atoms with van der Waals surface area (Å²) in [6.07, 6.45) is 2.09. The lowest BCUT2D eigenvalue weighted by Crippen LogP contribution is -2.03. The summed E-state index contributed by atoms with van der Waals surface area (Å²) in [6, 6.07) is 14.3. The summed E-state index contributed by atoms with van der Waals surface area (Å²) >= 11 is 9.73. The first kappa shape index (κ1) is 13.7. The average molecular weight is 350 g/mol. The fraction of sp³-hybridized carbons (Fsp3) is 0.125. The van der Waals surface area contributed by atoms with Crippen molar-refractivity contribution in [1.82, 2.24) is 4.57 Å². The number of para-hydroxylation sites is 1. The van der Waals surface area contributed by atoms with Crippen LogP contribution in [0.15, 0.2) is 53.1 Å². The summed E-state index contributed by atoms with van der Waals surface area (Å²) in [7, 11) is 0. The molecule has 2 nitrogen and oxygen atoms in total. The molecule has 20 heavy (non-hydrogen) atoms. The second kappa shape index (κ2) is 5.60. The van der Waals surface area contributed by atoms with Gasteiger partial charge in [0.2, 0.25) is 0 Å². The van der Waals surface area contributed by atoms with Gasteiger partial charge in [-0.15, -0.1) is 0 Å². The summed E-state index contributed by atoms with van der Waals surface area (Å²) in [5.41, 5.74) is 9.28. The maximum atomic E-state index is 6.30. The molecule has 1 aromatic heterocycles. The molecule has 0 bridgehead atoms. The highest BCUT2D eigenvalue weighted by atomic mass is 79.9. The third kappa shape index (κ3) is 2.49. The molecule has 1 heterocycles. The Morgan fingerprint density at radius 1 is 1.10 bits per heavy atom. The van der Waals surface area contributed by atoms with Gasteiger partial charge in [-0.05, 0) is 34.7 Å². The van der Waals surface area contributed by atoms with E-state index in [2.05, 4.69) is 44.9 Å². The van der Waals surface area contributed by atoms with Gasteiger partial charge >= 0.3 is 0 Å². The lowest BCUT2D eigenvalue weighted by Gasteiger charge is -2.10. The zero-order chi connectivity index (χ0) is 14.1. The van der Waals surface area contributed by atoms with Gasteiger partial charge in [0.15, 0.2) is 0 Å². The molecule has 102 valence electrons. The number of rotatable bonds is 3.